The van der Waals surface area contributed by atoms with Crippen molar-refractivity contribution in [3.8, 4) is 22.5 Å². The number of hydrogen-bond donors (Lipinski definition) is 0. The van der Waals surface area contributed by atoms with Gasteiger partial charge in [0, 0.05) is 23.5 Å². The quantitative estimate of drug-likeness (QED) is 0.589. The third kappa shape index (κ3) is 3.44. The predicted octanol–water partition coefficient (Wildman–Crippen LogP) is 4.82. The van der Waals surface area contributed by atoms with Crippen LogP contribution in [0.1, 0.15) is 54.4 Å². The molecule has 1 saturated heterocycles. The molecule has 5 rings (SSSR count). The van der Waals surface area contributed by atoms with Crippen molar-refractivity contribution in [2.45, 2.75) is 43.8 Å². The maximum atomic E-state index is 12.6. The SMILES string of the molecule is C=NC(=O)c1nc(-c2ccccc2)c(C2CCCC3(CC3)O2)nc1-c1cccnc1. The summed E-state index contributed by atoms with van der Waals surface area (Å²) >= 11 is 0. The summed E-state index contributed by atoms with van der Waals surface area (Å²) in [6, 6.07) is 13.5. The van der Waals surface area contributed by atoms with E-state index in [0.29, 0.717) is 11.4 Å². The minimum Gasteiger partial charge on any atom is -0.365 e. The molecule has 2 aromatic heterocycles. The van der Waals surface area contributed by atoms with Gasteiger partial charge in [-0.3, -0.25) is 9.78 Å². The summed E-state index contributed by atoms with van der Waals surface area (Å²) in [4.78, 5) is 30.2. The van der Waals surface area contributed by atoms with Crippen LogP contribution in [0.4, 0.5) is 0 Å². The zero-order valence-electron chi connectivity index (χ0n) is 16.6. The van der Waals surface area contributed by atoms with E-state index in [1.54, 1.807) is 12.4 Å². The molecule has 0 radical (unpaired) electrons. The summed E-state index contributed by atoms with van der Waals surface area (Å²) in [5.41, 5.74) is 3.70. The van der Waals surface area contributed by atoms with E-state index in [4.69, 9.17) is 14.7 Å². The lowest BCUT2D eigenvalue weighted by atomic mass is 9.96. The van der Waals surface area contributed by atoms with Gasteiger partial charge in [-0.05, 0) is 51.0 Å². The lowest BCUT2D eigenvalue weighted by Gasteiger charge is -2.31. The fraction of sp³-hybridized carbons (Fsp3) is 0.292. The first-order valence-electron chi connectivity index (χ1n) is 10.3. The highest BCUT2D eigenvalue weighted by Gasteiger charge is 2.48. The minimum absolute atomic E-state index is 0.00415. The van der Waals surface area contributed by atoms with Gasteiger partial charge < -0.3 is 4.74 Å². The van der Waals surface area contributed by atoms with Crippen molar-refractivity contribution in [1.29, 1.82) is 0 Å². The molecule has 1 atom stereocenters. The monoisotopic (exact) mass is 398 g/mol. The molecular weight excluding hydrogens is 376 g/mol. The number of nitrogens with zero attached hydrogens (tertiary/aromatic N) is 4. The Hall–Kier alpha value is -3.25. The number of benzene rings is 1. The molecule has 3 aromatic rings. The van der Waals surface area contributed by atoms with Crippen molar-refractivity contribution in [3.63, 3.8) is 0 Å². The first-order chi connectivity index (χ1) is 14.7. The molecule has 3 heterocycles. The lowest BCUT2D eigenvalue weighted by Crippen LogP contribution is -2.25. The fourth-order valence-corrected chi connectivity index (χ4v) is 4.14. The van der Waals surface area contributed by atoms with Gasteiger partial charge in [-0.25, -0.2) is 15.0 Å². The maximum absolute atomic E-state index is 12.6. The van der Waals surface area contributed by atoms with Gasteiger partial charge in [0.15, 0.2) is 5.69 Å². The first kappa shape index (κ1) is 18.8. The van der Waals surface area contributed by atoms with Crippen LogP contribution in [0.3, 0.4) is 0 Å². The standard InChI is InChI=1S/C24H22N4O2/c1-25-23(29)22-20(17-9-6-14-26-15-17)27-21(18-10-5-11-24(30-18)12-13-24)19(28-22)16-7-3-2-4-8-16/h2-4,6-9,14-15,18H,1,5,10-13H2. The number of pyridine rings is 1. The molecule has 1 amide bonds. The number of aromatic nitrogens is 3. The van der Waals surface area contributed by atoms with Crippen LogP contribution in [-0.2, 0) is 4.74 Å². The lowest BCUT2D eigenvalue weighted by molar-refractivity contribution is -0.0709. The number of ether oxygens (including phenoxy) is 1. The Bertz CT molecular complexity index is 1090. The van der Waals surface area contributed by atoms with Crippen LogP contribution >= 0.6 is 0 Å². The van der Waals surface area contributed by atoms with Crippen molar-refractivity contribution in [3.05, 3.63) is 66.2 Å². The molecule has 0 N–H and O–H groups in total. The Kier molecular flexibility index (Phi) is 4.71. The number of amides is 1. The molecule has 6 heteroatoms. The van der Waals surface area contributed by atoms with Crippen molar-refractivity contribution in [1.82, 2.24) is 15.0 Å². The zero-order valence-corrected chi connectivity index (χ0v) is 16.6. The van der Waals surface area contributed by atoms with Crippen LogP contribution in [0.15, 0.2) is 59.9 Å². The topological polar surface area (TPSA) is 77.3 Å². The highest BCUT2D eigenvalue weighted by Crippen LogP contribution is 2.52. The van der Waals surface area contributed by atoms with Crippen molar-refractivity contribution in [2.75, 3.05) is 0 Å². The highest BCUT2D eigenvalue weighted by molar-refractivity contribution is 6.00. The Labute approximate surface area is 175 Å². The summed E-state index contributed by atoms with van der Waals surface area (Å²) in [7, 11) is 0. The molecule has 2 aliphatic rings. The average molecular weight is 398 g/mol. The Morgan fingerprint density at radius 3 is 2.53 bits per heavy atom. The molecule has 1 aliphatic heterocycles. The second-order valence-corrected chi connectivity index (χ2v) is 7.91. The molecule has 1 aromatic carbocycles. The van der Waals surface area contributed by atoms with Crippen molar-refractivity contribution < 1.29 is 9.53 Å². The Balaban J connectivity index is 1.72. The maximum Gasteiger partial charge on any atom is 0.297 e. The van der Waals surface area contributed by atoms with E-state index in [2.05, 4.69) is 16.7 Å². The first-order valence-corrected chi connectivity index (χ1v) is 10.3. The molecule has 1 spiro atoms. The Morgan fingerprint density at radius 1 is 1.03 bits per heavy atom. The summed E-state index contributed by atoms with van der Waals surface area (Å²) in [5, 5.41) is 0. The molecule has 150 valence electrons. The van der Waals surface area contributed by atoms with E-state index in [9.17, 15) is 4.79 Å². The molecule has 1 saturated carbocycles. The minimum atomic E-state index is -0.506. The van der Waals surface area contributed by atoms with E-state index < -0.39 is 5.91 Å². The van der Waals surface area contributed by atoms with E-state index in [1.807, 2.05) is 42.5 Å². The number of carbonyl (C=O) groups is 1. The Morgan fingerprint density at radius 2 is 1.83 bits per heavy atom. The predicted molar refractivity (Wildman–Crippen MR) is 114 cm³/mol. The van der Waals surface area contributed by atoms with Gasteiger partial charge in [0.25, 0.3) is 5.91 Å². The fourth-order valence-electron chi connectivity index (χ4n) is 4.14. The third-order valence-electron chi connectivity index (χ3n) is 5.85. The largest absolute Gasteiger partial charge is 0.365 e. The van der Waals surface area contributed by atoms with Crippen LogP contribution in [0.2, 0.25) is 0 Å². The summed E-state index contributed by atoms with van der Waals surface area (Å²) in [5.74, 6) is -0.506. The van der Waals surface area contributed by atoms with Gasteiger partial charge in [-0.2, -0.15) is 0 Å². The molecule has 30 heavy (non-hydrogen) atoms. The highest BCUT2D eigenvalue weighted by atomic mass is 16.5. The smallest absolute Gasteiger partial charge is 0.297 e. The normalized spacial score (nSPS) is 19.4. The van der Waals surface area contributed by atoms with Crippen LogP contribution in [0, 0.1) is 0 Å². The summed E-state index contributed by atoms with van der Waals surface area (Å²) < 4.78 is 6.51. The van der Waals surface area contributed by atoms with Gasteiger partial charge in [-0.1, -0.05) is 30.3 Å². The van der Waals surface area contributed by atoms with Crippen LogP contribution in [-0.4, -0.2) is 33.2 Å². The number of carbonyl (C=O) groups excluding carboxylic acids is 1. The molecular formula is C24H22N4O2. The number of hydrogen-bond acceptors (Lipinski definition) is 5. The van der Waals surface area contributed by atoms with Crippen molar-refractivity contribution >= 4 is 12.6 Å². The molecule has 1 aliphatic carbocycles. The second-order valence-electron chi connectivity index (χ2n) is 7.91. The van der Waals surface area contributed by atoms with Gasteiger partial charge >= 0.3 is 0 Å². The van der Waals surface area contributed by atoms with Gasteiger partial charge in [0.1, 0.15) is 11.8 Å². The second kappa shape index (κ2) is 7.54. The number of aliphatic imine (C=N–C) groups is 1. The van der Waals surface area contributed by atoms with Crippen LogP contribution in [0.5, 0.6) is 0 Å². The van der Waals surface area contributed by atoms with Crippen molar-refractivity contribution in [2.24, 2.45) is 4.99 Å². The van der Waals surface area contributed by atoms with Gasteiger partial charge in [0.2, 0.25) is 0 Å². The molecule has 0 bridgehead atoms. The summed E-state index contributed by atoms with van der Waals surface area (Å²) in [6.45, 7) is 3.41. The molecule has 1 unspecified atom stereocenters. The van der Waals surface area contributed by atoms with E-state index in [-0.39, 0.29) is 17.4 Å². The summed E-state index contributed by atoms with van der Waals surface area (Å²) in [6.07, 6.45) is 8.50. The third-order valence-corrected chi connectivity index (χ3v) is 5.85. The van der Waals surface area contributed by atoms with Crippen LogP contribution < -0.4 is 0 Å². The van der Waals surface area contributed by atoms with Gasteiger partial charge in [0.05, 0.1) is 17.0 Å². The molecule has 6 nitrogen and oxygen atoms in total. The van der Waals surface area contributed by atoms with E-state index >= 15 is 0 Å². The van der Waals surface area contributed by atoms with E-state index in [1.165, 1.54) is 0 Å². The van der Waals surface area contributed by atoms with Crippen LogP contribution in [0.25, 0.3) is 22.5 Å². The van der Waals surface area contributed by atoms with E-state index in [0.717, 1.165) is 48.9 Å². The molecule has 2 fully saturated rings. The van der Waals surface area contributed by atoms with Gasteiger partial charge in [-0.15, -0.1) is 0 Å². The number of rotatable bonds is 4. The average Bonchev–Trinajstić information content (AvgIpc) is 3.56. The zero-order chi connectivity index (χ0) is 20.6.